The number of nitrogens with one attached hydrogen (secondary N) is 2. The van der Waals surface area contributed by atoms with Gasteiger partial charge in [0, 0.05) is 13.1 Å². The van der Waals surface area contributed by atoms with Crippen LogP contribution >= 0.6 is 0 Å². The number of amides is 5. The van der Waals surface area contributed by atoms with Crippen molar-refractivity contribution in [2.45, 2.75) is 64.8 Å². The molecule has 0 saturated carbocycles. The summed E-state index contributed by atoms with van der Waals surface area (Å²) < 4.78 is 39.6. The number of aliphatic carboxylic acids is 1. The number of carboxylic acids is 1. The van der Waals surface area contributed by atoms with E-state index in [0.29, 0.717) is 6.42 Å². The summed E-state index contributed by atoms with van der Waals surface area (Å²) in [7, 11) is 0. The Balaban J connectivity index is 2.04. The van der Waals surface area contributed by atoms with E-state index in [4.69, 9.17) is 5.11 Å². The molecular formula is C23H34F3N5O7. The average molecular weight is 550 g/mol. The topological polar surface area (TPSA) is 156 Å². The van der Waals surface area contributed by atoms with E-state index in [0.717, 1.165) is 9.80 Å². The van der Waals surface area contributed by atoms with Crippen LogP contribution in [0.4, 0.5) is 18.0 Å². The lowest BCUT2D eigenvalue weighted by Crippen LogP contribution is -2.58. The van der Waals surface area contributed by atoms with Crippen LogP contribution in [-0.4, -0.2) is 112 Å². The molecule has 0 bridgehead atoms. The molecule has 2 saturated heterocycles. The Bertz CT molecular complexity index is 956. The van der Waals surface area contributed by atoms with Gasteiger partial charge in [-0.05, 0) is 31.2 Å². The largest absolute Gasteiger partial charge is 0.480 e. The van der Waals surface area contributed by atoms with Crippen LogP contribution in [0.25, 0.3) is 0 Å². The zero-order valence-corrected chi connectivity index (χ0v) is 21.7. The first kappa shape index (κ1) is 31.0. The minimum atomic E-state index is -5.08. The maximum atomic E-state index is 13.2. The van der Waals surface area contributed by atoms with E-state index in [-0.39, 0.29) is 26.1 Å². The Kier molecular flexibility index (Phi) is 10.2. The van der Waals surface area contributed by atoms with Crippen molar-refractivity contribution in [3.63, 3.8) is 0 Å². The number of alkyl halides is 3. The van der Waals surface area contributed by atoms with Gasteiger partial charge >= 0.3 is 18.2 Å². The third-order valence-electron chi connectivity index (χ3n) is 6.49. The van der Waals surface area contributed by atoms with E-state index in [1.165, 1.54) is 18.7 Å². The van der Waals surface area contributed by atoms with Crippen molar-refractivity contribution < 1.29 is 47.0 Å². The molecular weight excluding hydrogens is 515 g/mol. The molecule has 2 aliphatic heterocycles. The number of carbonyl (C=O) groups is 6. The third-order valence-corrected chi connectivity index (χ3v) is 6.49. The summed E-state index contributed by atoms with van der Waals surface area (Å²) in [6, 6.07) is -4.56. The van der Waals surface area contributed by atoms with Gasteiger partial charge in [0.15, 0.2) is 0 Å². The highest BCUT2D eigenvalue weighted by atomic mass is 19.4. The number of halogens is 3. The van der Waals surface area contributed by atoms with E-state index in [9.17, 15) is 41.9 Å². The van der Waals surface area contributed by atoms with Gasteiger partial charge in [0.2, 0.25) is 17.7 Å². The summed E-state index contributed by atoms with van der Waals surface area (Å²) in [5.74, 6) is -6.86. The van der Waals surface area contributed by atoms with E-state index >= 15 is 0 Å². The van der Waals surface area contributed by atoms with Crippen LogP contribution in [0.2, 0.25) is 0 Å². The summed E-state index contributed by atoms with van der Waals surface area (Å²) in [5, 5.41) is 13.5. The molecule has 38 heavy (non-hydrogen) atoms. The summed E-state index contributed by atoms with van der Waals surface area (Å²) >= 11 is 0. The number of hydrogen-bond donors (Lipinski definition) is 3. The van der Waals surface area contributed by atoms with Crippen LogP contribution in [0.1, 0.15) is 40.5 Å². The van der Waals surface area contributed by atoms with Crippen molar-refractivity contribution in [2.75, 3.05) is 32.7 Å². The van der Waals surface area contributed by atoms with Gasteiger partial charge in [0.25, 0.3) is 5.78 Å². The van der Waals surface area contributed by atoms with Gasteiger partial charge < -0.3 is 20.2 Å². The Labute approximate surface area is 217 Å². The van der Waals surface area contributed by atoms with Crippen LogP contribution in [-0.2, 0) is 24.0 Å². The number of likely N-dealkylation sites (tertiary alicyclic amines) is 1. The van der Waals surface area contributed by atoms with Gasteiger partial charge in [0.05, 0.1) is 12.1 Å². The van der Waals surface area contributed by atoms with Gasteiger partial charge in [0.1, 0.15) is 19.1 Å². The monoisotopic (exact) mass is 549 g/mol. The average Bonchev–Trinajstić information content (AvgIpc) is 3.38. The molecule has 0 aromatic heterocycles. The lowest BCUT2D eigenvalue weighted by atomic mass is 9.96. The van der Waals surface area contributed by atoms with Crippen LogP contribution in [0, 0.1) is 11.8 Å². The van der Waals surface area contributed by atoms with Crippen LogP contribution in [0.5, 0.6) is 0 Å². The van der Waals surface area contributed by atoms with Crippen LogP contribution in [0.15, 0.2) is 0 Å². The van der Waals surface area contributed by atoms with Gasteiger partial charge in [-0.15, -0.1) is 0 Å². The van der Waals surface area contributed by atoms with Crippen molar-refractivity contribution in [2.24, 2.45) is 11.8 Å². The Hall–Kier alpha value is -3.23. The number of carbonyl (C=O) groups excluding carboxylic acids is 5. The molecule has 3 N–H and O–H groups in total. The molecule has 2 aliphatic rings. The highest BCUT2D eigenvalue weighted by molar-refractivity contribution is 6.02. The number of carboxylic acid groups (broad SMARTS) is 1. The number of imide groups is 1. The summed E-state index contributed by atoms with van der Waals surface area (Å²) in [6.45, 7) is 5.45. The van der Waals surface area contributed by atoms with E-state index in [1.807, 2.05) is 0 Å². The number of rotatable bonds is 11. The minimum absolute atomic E-state index is 0.0735. The normalized spacial score (nSPS) is 20.1. The number of Topliss-reactive ketones (excluding diaryl/α,β-unsaturated/α-hetero) is 1. The Morgan fingerprint density at radius 2 is 1.55 bits per heavy atom. The zero-order valence-electron chi connectivity index (χ0n) is 21.7. The van der Waals surface area contributed by atoms with E-state index in [2.05, 4.69) is 10.6 Å². The fourth-order valence-corrected chi connectivity index (χ4v) is 4.71. The molecule has 2 heterocycles. The minimum Gasteiger partial charge on any atom is -0.480 e. The Morgan fingerprint density at radius 1 is 0.974 bits per heavy atom. The van der Waals surface area contributed by atoms with Crippen molar-refractivity contribution in [3.8, 4) is 0 Å². The standard InChI is InChI=1S/C23H34F3N5O7/c1-12(2)17(27-15(32)10-29-8-9-30(22(29)38)11-16(33)34)21(37)28-20(36)14-6-5-7-31(14)18(13(3)4)19(35)23(24,25)26/h12-14,17-18H,5-11H2,1-4H3,(H,27,32)(H,33,34)(H,28,36,37)/t14-,17-,18-/m0/s1. The molecule has 0 radical (unpaired) electrons. The molecule has 2 fully saturated rings. The Morgan fingerprint density at radius 3 is 2.05 bits per heavy atom. The van der Waals surface area contributed by atoms with E-state index in [1.54, 1.807) is 13.8 Å². The van der Waals surface area contributed by atoms with Gasteiger partial charge in [-0.3, -0.25) is 34.2 Å². The zero-order chi connectivity index (χ0) is 28.9. The van der Waals surface area contributed by atoms with Crippen molar-refractivity contribution in [1.29, 1.82) is 0 Å². The molecule has 0 spiro atoms. The van der Waals surface area contributed by atoms with Crippen molar-refractivity contribution >= 4 is 35.5 Å². The fourth-order valence-electron chi connectivity index (χ4n) is 4.71. The van der Waals surface area contributed by atoms with Crippen LogP contribution in [0.3, 0.4) is 0 Å². The molecule has 0 aromatic carbocycles. The lowest BCUT2D eigenvalue weighted by molar-refractivity contribution is -0.179. The third kappa shape index (κ3) is 7.65. The second-order valence-corrected chi connectivity index (χ2v) is 10.1. The first-order valence-corrected chi connectivity index (χ1v) is 12.3. The van der Waals surface area contributed by atoms with Gasteiger partial charge in [-0.1, -0.05) is 27.7 Å². The molecule has 214 valence electrons. The molecule has 0 unspecified atom stereocenters. The highest BCUT2D eigenvalue weighted by Gasteiger charge is 2.50. The number of ketones is 1. The van der Waals surface area contributed by atoms with Gasteiger partial charge in [-0.25, -0.2) is 4.79 Å². The quantitative estimate of drug-likeness (QED) is 0.330. The SMILES string of the molecule is CC(C)[C@H](NC(=O)CN1CCN(CC(=O)O)C1=O)C(=O)NC(=O)[C@@H]1CCCN1[C@H](C(=O)C(F)(F)F)C(C)C. The van der Waals surface area contributed by atoms with E-state index < -0.39 is 84.7 Å². The first-order chi connectivity index (χ1) is 17.5. The number of nitrogens with zero attached hydrogens (tertiary/aromatic N) is 3. The fraction of sp³-hybridized carbons (Fsp3) is 0.739. The first-order valence-electron chi connectivity index (χ1n) is 12.3. The second-order valence-electron chi connectivity index (χ2n) is 10.1. The van der Waals surface area contributed by atoms with Crippen molar-refractivity contribution in [3.05, 3.63) is 0 Å². The molecule has 0 aliphatic carbocycles. The molecule has 15 heteroatoms. The lowest BCUT2D eigenvalue weighted by Gasteiger charge is -2.34. The summed E-state index contributed by atoms with van der Waals surface area (Å²) in [5.41, 5.74) is 0. The predicted octanol–water partition coefficient (Wildman–Crippen LogP) is 0.213. The maximum absolute atomic E-state index is 13.2. The number of urea groups is 1. The summed E-state index contributed by atoms with van der Waals surface area (Å²) in [6.07, 6.45) is -4.58. The predicted molar refractivity (Wildman–Crippen MR) is 126 cm³/mol. The number of hydrogen-bond acceptors (Lipinski definition) is 7. The molecule has 2 rings (SSSR count). The molecule has 3 atom stereocenters. The smallest absolute Gasteiger partial charge is 0.451 e. The molecule has 12 nitrogen and oxygen atoms in total. The maximum Gasteiger partial charge on any atom is 0.451 e. The van der Waals surface area contributed by atoms with Crippen LogP contribution < -0.4 is 10.6 Å². The molecule has 5 amide bonds. The molecule has 0 aromatic rings. The summed E-state index contributed by atoms with van der Waals surface area (Å²) in [4.78, 5) is 76.9. The highest BCUT2D eigenvalue weighted by Crippen LogP contribution is 2.30. The van der Waals surface area contributed by atoms with Crippen molar-refractivity contribution in [1.82, 2.24) is 25.3 Å². The second kappa shape index (κ2) is 12.5. The van der Waals surface area contributed by atoms with Gasteiger partial charge in [-0.2, -0.15) is 13.2 Å².